The molecule has 11 heavy (non-hydrogen) atoms. The van der Waals surface area contributed by atoms with Gasteiger partial charge in [0.15, 0.2) is 0 Å². The summed E-state index contributed by atoms with van der Waals surface area (Å²) in [6.07, 6.45) is 3.64. The zero-order valence-corrected chi connectivity index (χ0v) is 11.6. The molecule has 0 aliphatic carbocycles. The van der Waals surface area contributed by atoms with E-state index in [9.17, 15) is 0 Å². The van der Waals surface area contributed by atoms with Crippen LogP contribution < -0.4 is 23.0 Å². The maximum absolute atomic E-state index is 5.09. The van der Waals surface area contributed by atoms with Crippen molar-refractivity contribution in [2.75, 3.05) is 18.3 Å². The van der Waals surface area contributed by atoms with Gasteiger partial charge in [-0.05, 0) is 6.42 Å². The Morgan fingerprint density at radius 2 is 2.00 bits per heavy atom. The van der Waals surface area contributed by atoms with Crippen molar-refractivity contribution in [1.29, 1.82) is 0 Å². The number of halogens is 2. The number of ether oxygens (including phenoxy) is 1. The molecule has 0 aliphatic rings. The van der Waals surface area contributed by atoms with E-state index in [1.807, 2.05) is 0 Å². The van der Waals surface area contributed by atoms with Crippen LogP contribution in [0.5, 0.6) is 0 Å². The van der Waals surface area contributed by atoms with Gasteiger partial charge in [-0.2, -0.15) is 0 Å². The van der Waals surface area contributed by atoms with Crippen LogP contribution in [0, 0.1) is 0 Å². The maximum atomic E-state index is 5.09. The van der Waals surface area contributed by atoms with Crippen molar-refractivity contribution in [3.05, 3.63) is 0 Å². The summed E-state index contributed by atoms with van der Waals surface area (Å²) in [6, 6.07) is 0. The Hall–Kier alpha value is 1.38. The van der Waals surface area contributed by atoms with Gasteiger partial charge in [0.05, 0.1) is 6.73 Å². The van der Waals surface area contributed by atoms with Crippen molar-refractivity contribution < 1.29 is 22.0 Å². The first-order chi connectivity index (χ1) is 5.33. The van der Waals surface area contributed by atoms with Crippen LogP contribution in [0.15, 0.2) is 0 Å². The Kier molecular flexibility index (Phi) is 23.6. The van der Waals surface area contributed by atoms with Crippen molar-refractivity contribution in [3.8, 4) is 0 Å². The molecule has 0 radical (unpaired) electrons. The predicted molar refractivity (Wildman–Crippen MR) is 54.5 cm³/mol. The fourth-order valence-corrected chi connectivity index (χ4v) is 0.537. The fourth-order valence-electron chi connectivity index (χ4n) is 0.537. The van der Waals surface area contributed by atoms with Gasteiger partial charge in [0.25, 0.3) is 0 Å². The van der Waals surface area contributed by atoms with Crippen molar-refractivity contribution >= 4 is 18.6 Å². The van der Waals surface area contributed by atoms with E-state index < -0.39 is 0 Å². The van der Waals surface area contributed by atoms with Gasteiger partial charge in [-0.25, -0.2) is 0 Å². The second kappa shape index (κ2) is 17.5. The molecule has 2 N–H and O–H groups in total. The molecule has 0 aromatic rings. The average Bonchev–Trinajstić information content (AvgIpc) is 2.00. The Morgan fingerprint density at radius 3 is 2.36 bits per heavy atom. The van der Waals surface area contributed by atoms with Gasteiger partial charge in [0.1, 0.15) is 0 Å². The van der Waals surface area contributed by atoms with Gasteiger partial charge in [-0.15, -0.1) is 0 Å². The van der Waals surface area contributed by atoms with E-state index in [0.29, 0.717) is 24.0 Å². The van der Waals surface area contributed by atoms with E-state index in [-0.39, 0.29) is 0 Å². The molecule has 0 amide bonds. The minimum absolute atomic E-state index is 0.365. The molecule has 72 valence electrons. The van der Waals surface area contributed by atoms with Crippen LogP contribution in [-0.2, 0) is 4.74 Å². The van der Waals surface area contributed by atoms with Crippen molar-refractivity contribution in [2.24, 2.45) is 5.73 Å². The summed E-state index contributed by atoms with van der Waals surface area (Å²) < 4.78 is 4.91. The minimum atomic E-state index is 0.365. The molecule has 0 fully saturated rings. The van der Waals surface area contributed by atoms with Gasteiger partial charge < -0.3 is 10.5 Å². The standard InChI is InChI=1S/C6H15NO.CH3I2/c1-2-3-4-5-8-6-7;1-3-2/h2-7H2,1H3;1H3/q;-1. The molecule has 0 rings (SSSR count). The summed E-state index contributed by atoms with van der Waals surface area (Å²) in [5, 5.41) is 0. The van der Waals surface area contributed by atoms with E-state index in [0.717, 1.165) is 13.0 Å². The number of nitrogens with two attached hydrogens (primary N) is 1. The van der Waals surface area contributed by atoms with E-state index in [1.54, 1.807) is 0 Å². The Morgan fingerprint density at radius 1 is 1.45 bits per heavy atom. The zero-order chi connectivity index (χ0) is 8.95. The Labute approximate surface area is 90.1 Å². The van der Waals surface area contributed by atoms with Crippen LogP contribution in [0.3, 0.4) is 0 Å². The third-order valence-corrected chi connectivity index (χ3v) is 1.01. The quantitative estimate of drug-likeness (QED) is 0.290. The Balaban J connectivity index is 0. The molecule has 0 saturated carbocycles. The van der Waals surface area contributed by atoms with Gasteiger partial charge in [0.2, 0.25) is 0 Å². The Bertz CT molecular complexity index is 49.7. The summed E-state index contributed by atoms with van der Waals surface area (Å²) in [7, 11) is 0. The van der Waals surface area contributed by atoms with E-state index in [4.69, 9.17) is 10.5 Å². The number of hydrogen-bond acceptors (Lipinski definition) is 2. The summed E-state index contributed by atoms with van der Waals surface area (Å²) >= 11 is 2.96. The van der Waals surface area contributed by atoms with Crippen LogP contribution in [0.4, 0.5) is 0 Å². The third-order valence-electron chi connectivity index (χ3n) is 1.01. The van der Waals surface area contributed by atoms with Gasteiger partial charge in [0, 0.05) is 6.61 Å². The van der Waals surface area contributed by atoms with Crippen LogP contribution >= 0.6 is 18.6 Å². The molecule has 0 saturated heterocycles. The molecule has 4 heteroatoms. The molecule has 0 aliphatic heterocycles. The first kappa shape index (κ1) is 14.9. The summed E-state index contributed by atoms with van der Waals surface area (Å²) in [5.74, 6) is 0. The van der Waals surface area contributed by atoms with Crippen LogP contribution in [0.2, 0.25) is 0 Å². The van der Waals surface area contributed by atoms with E-state index in [1.165, 1.54) is 12.8 Å². The molecule has 0 bridgehead atoms. The monoisotopic (exact) mass is 386 g/mol. The molecule has 0 unspecified atom stereocenters. The zero-order valence-electron chi connectivity index (χ0n) is 7.28. The summed E-state index contributed by atoms with van der Waals surface area (Å²) in [6.45, 7) is 3.36. The first-order valence-corrected chi connectivity index (χ1v) is 12.2. The molecule has 0 aromatic heterocycles. The third kappa shape index (κ3) is 24.6. The molecule has 0 heterocycles. The van der Waals surface area contributed by atoms with Crippen molar-refractivity contribution in [1.82, 2.24) is 0 Å². The topological polar surface area (TPSA) is 35.2 Å². The fraction of sp³-hybridized carbons (Fsp3) is 1.00. The van der Waals surface area contributed by atoms with E-state index >= 15 is 0 Å². The summed E-state index contributed by atoms with van der Waals surface area (Å²) in [5.41, 5.74) is 5.09. The van der Waals surface area contributed by atoms with Crippen molar-refractivity contribution in [3.63, 3.8) is 0 Å². The van der Waals surface area contributed by atoms with Gasteiger partial charge in [-0.1, -0.05) is 19.8 Å². The molecule has 0 spiro atoms. The number of rotatable bonds is 5. The van der Waals surface area contributed by atoms with E-state index in [2.05, 4.69) is 30.5 Å². The van der Waals surface area contributed by atoms with Gasteiger partial charge in [-0.3, -0.25) is 0 Å². The number of unbranched alkanes of at least 4 members (excludes halogenated alkanes) is 2. The predicted octanol–water partition coefficient (Wildman–Crippen LogP) is -0.835. The number of alkyl halides is 1. The molecule has 0 aromatic carbocycles. The number of hydrogen-bond donors (Lipinski definition) is 1. The molecular weight excluding hydrogens is 368 g/mol. The van der Waals surface area contributed by atoms with Crippen molar-refractivity contribution in [2.45, 2.75) is 26.2 Å². The van der Waals surface area contributed by atoms with Crippen LogP contribution in [0.25, 0.3) is 0 Å². The first-order valence-electron chi connectivity index (χ1n) is 3.71. The summed E-state index contributed by atoms with van der Waals surface area (Å²) in [4.78, 5) is 2.22. The average molecular weight is 386 g/mol. The van der Waals surface area contributed by atoms with Crippen LogP contribution in [0.1, 0.15) is 26.2 Å². The molecule has 2 nitrogen and oxygen atoms in total. The molecule has 0 atom stereocenters. The second-order valence-electron chi connectivity index (χ2n) is 1.92. The molecular formula is C7H18I2NO-. The normalized spacial score (nSPS) is 9.09. The van der Waals surface area contributed by atoms with Gasteiger partial charge >= 0.3 is 40.8 Å². The SMILES string of the molecule is CCCCCOCN.C[I-]I. The van der Waals surface area contributed by atoms with Crippen LogP contribution in [-0.4, -0.2) is 18.3 Å². The second-order valence-corrected chi connectivity index (χ2v) is 8.21.